The third-order valence-electron chi connectivity index (χ3n) is 6.40. The zero-order valence-electron chi connectivity index (χ0n) is 19.9. The number of carbonyl (C=O) groups excluding carboxylic acids is 1. The highest BCUT2D eigenvalue weighted by Crippen LogP contribution is 2.31. The van der Waals surface area contributed by atoms with E-state index < -0.39 is 5.41 Å². The number of benzene rings is 3. The van der Waals surface area contributed by atoms with Gasteiger partial charge in [-0.25, -0.2) is 0 Å². The summed E-state index contributed by atoms with van der Waals surface area (Å²) in [5.41, 5.74) is 2.65. The molecular formula is C28H29N3O3S. The minimum absolute atomic E-state index is 0.174. The third-order valence-corrected chi connectivity index (χ3v) is 6.72. The molecule has 180 valence electrons. The van der Waals surface area contributed by atoms with Crippen LogP contribution in [0.5, 0.6) is 0 Å². The number of nitrogens with zero attached hydrogens (tertiary/aromatic N) is 1. The molecule has 0 aliphatic heterocycles. The van der Waals surface area contributed by atoms with Crippen molar-refractivity contribution in [2.45, 2.75) is 25.3 Å². The molecule has 0 spiro atoms. The second-order valence-electron chi connectivity index (χ2n) is 8.74. The quantitative estimate of drug-likeness (QED) is 0.262. The molecule has 35 heavy (non-hydrogen) atoms. The number of nitrogens with one attached hydrogen (secondary N) is 2. The minimum atomic E-state index is -0.412. The largest absolute Gasteiger partial charge is 0.385 e. The van der Waals surface area contributed by atoms with Crippen LogP contribution >= 0.6 is 12.2 Å². The lowest BCUT2D eigenvalue weighted by Crippen LogP contribution is -2.39. The van der Waals surface area contributed by atoms with Gasteiger partial charge in [0.1, 0.15) is 0 Å². The van der Waals surface area contributed by atoms with Crippen LogP contribution in [0.25, 0.3) is 10.9 Å². The summed E-state index contributed by atoms with van der Waals surface area (Å²) in [5, 5.41) is 3.59. The molecule has 0 aliphatic carbocycles. The van der Waals surface area contributed by atoms with Gasteiger partial charge < -0.3 is 15.0 Å². The van der Waals surface area contributed by atoms with Crippen LogP contribution < -0.4 is 10.9 Å². The molecule has 7 heteroatoms. The second-order valence-corrected chi connectivity index (χ2v) is 9.13. The van der Waals surface area contributed by atoms with E-state index in [9.17, 15) is 9.59 Å². The van der Waals surface area contributed by atoms with Gasteiger partial charge in [0.2, 0.25) is 0 Å². The first-order valence-corrected chi connectivity index (χ1v) is 12.0. The number of aromatic amines is 1. The Labute approximate surface area is 209 Å². The van der Waals surface area contributed by atoms with E-state index in [2.05, 4.69) is 41.5 Å². The summed E-state index contributed by atoms with van der Waals surface area (Å²) in [6.07, 6.45) is 0.682. The van der Waals surface area contributed by atoms with Gasteiger partial charge in [-0.2, -0.15) is 0 Å². The summed E-state index contributed by atoms with van der Waals surface area (Å²) in [6.45, 7) is 3.55. The van der Waals surface area contributed by atoms with E-state index >= 15 is 0 Å². The molecule has 0 saturated carbocycles. The number of H-pyrrole nitrogens is 1. The van der Waals surface area contributed by atoms with E-state index in [-0.39, 0.29) is 11.5 Å². The molecule has 0 fully saturated rings. The first-order valence-electron chi connectivity index (χ1n) is 11.6. The molecule has 3 aromatic carbocycles. The number of methoxy groups -OCH3 is 1. The van der Waals surface area contributed by atoms with Gasteiger partial charge in [0, 0.05) is 37.8 Å². The van der Waals surface area contributed by atoms with E-state index in [1.54, 1.807) is 25.3 Å². The maximum Gasteiger partial charge on any atom is 0.262 e. The van der Waals surface area contributed by atoms with E-state index in [0.29, 0.717) is 47.4 Å². The molecule has 0 radical (unpaired) electrons. The van der Waals surface area contributed by atoms with E-state index in [1.165, 1.54) is 4.57 Å². The van der Waals surface area contributed by atoms with Gasteiger partial charge in [0.15, 0.2) is 4.77 Å². The summed E-state index contributed by atoms with van der Waals surface area (Å²) < 4.78 is 6.93. The molecule has 6 nitrogen and oxygen atoms in total. The van der Waals surface area contributed by atoms with E-state index in [1.807, 2.05) is 36.4 Å². The molecular weight excluding hydrogens is 458 g/mol. The van der Waals surface area contributed by atoms with Gasteiger partial charge in [-0.05, 0) is 54.9 Å². The van der Waals surface area contributed by atoms with Crippen molar-refractivity contribution in [2.24, 2.45) is 0 Å². The van der Waals surface area contributed by atoms with Crippen LogP contribution in [0.15, 0.2) is 83.7 Å². The van der Waals surface area contributed by atoms with Crippen molar-refractivity contribution in [2.75, 3.05) is 20.3 Å². The Morgan fingerprint density at radius 1 is 1.03 bits per heavy atom. The third kappa shape index (κ3) is 5.26. The van der Waals surface area contributed by atoms with Crippen LogP contribution in [0.4, 0.5) is 0 Å². The number of ether oxygens (including phenoxy) is 1. The van der Waals surface area contributed by atoms with Crippen LogP contribution in [-0.2, 0) is 16.7 Å². The fraction of sp³-hybridized carbons (Fsp3) is 0.250. The Balaban J connectivity index is 1.60. The molecule has 4 rings (SSSR count). The van der Waals surface area contributed by atoms with Crippen LogP contribution in [0.3, 0.4) is 0 Å². The summed E-state index contributed by atoms with van der Waals surface area (Å²) >= 11 is 5.40. The molecule has 0 aliphatic rings. The number of aromatic nitrogens is 2. The number of amides is 1. The lowest BCUT2D eigenvalue weighted by atomic mass is 9.76. The summed E-state index contributed by atoms with van der Waals surface area (Å²) in [6, 6.07) is 25.3. The Morgan fingerprint density at radius 2 is 1.66 bits per heavy atom. The zero-order chi connectivity index (χ0) is 24.8. The average Bonchev–Trinajstić information content (AvgIpc) is 2.89. The molecule has 1 aromatic heterocycles. The van der Waals surface area contributed by atoms with Crippen LogP contribution in [0.2, 0.25) is 0 Å². The Kier molecular flexibility index (Phi) is 7.58. The van der Waals surface area contributed by atoms with Crippen molar-refractivity contribution >= 4 is 29.0 Å². The van der Waals surface area contributed by atoms with Gasteiger partial charge in [0.25, 0.3) is 11.5 Å². The molecule has 1 heterocycles. The Hall–Kier alpha value is -3.55. The fourth-order valence-electron chi connectivity index (χ4n) is 4.31. The summed E-state index contributed by atoms with van der Waals surface area (Å²) in [4.78, 5) is 29.2. The van der Waals surface area contributed by atoms with E-state index in [4.69, 9.17) is 17.0 Å². The van der Waals surface area contributed by atoms with Crippen molar-refractivity contribution in [3.05, 3.63) is 111 Å². The van der Waals surface area contributed by atoms with Gasteiger partial charge in [-0.3, -0.25) is 14.2 Å². The lowest BCUT2D eigenvalue weighted by Gasteiger charge is -2.31. The first kappa shape index (κ1) is 24.6. The highest BCUT2D eigenvalue weighted by molar-refractivity contribution is 7.71. The topological polar surface area (TPSA) is 76.1 Å². The van der Waals surface area contributed by atoms with Crippen molar-refractivity contribution in [3.8, 4) is 0 Å². The van der Waals surface area contributed by atoms with Crippen molar-refractivity contribution in [1.82, 2.24) is 14.9 Å². The van der Waals surface area contributed by atoms with Gasteiger partial charge in [-0.1, -0.05) is 60.7 Å². The maximum absolute atomic E-state index is 13.2. The average molecular weight is 488 g/mol. The fourth-order valence-corrected chi connectivity index (χ4v) is 4.59. The number of carbonyl (C=O) groups is 1. The van der Waals surface area contributed by atoms with Gasteiger partial charge in [0.05, 0.1) is 10.9 Å². The SMILES string of the molecule is COCCCn1c(=S)[nH]c2cc(C(=O)NCC(C)(c3ccccc3)c3ccccc3)ccc2c1=O. The highest BCUT2D eigenvalue weighted by atomic mass is 32.1. The normalized spacial score (nSPS) is 11.5. The maximum atomic E-state index is 13.2. The highest BCUT2D eigenvalue weighted by Gasteiger charge is 2.29. The molecule has 0 unspecified atom stereocenters. The van der Waals surface area contributed by atoms with Crippen molar-refractivity contribution in [1.29, 1.82) is 0 Å². The molecule has 0 saturated heterocycles. The lowest BCUT2D eigenvalue weighted by molar-refractivity contribution is 0.0947. The van der Waals surface area contributed by atoms with Crippen LogP contribution in [0.1, 0.15) is 34.8 Å². The van der Waals surface area contributed by atoms with Crippen molar-refractivity contribution < 1.29 is 9.53 Å². The number of hydrogen-bond donors (Lipinski definition) is 2. The molecule has 0 atom stereocenters. The second kappa shape index (κ2) is 10.8. The minimum Gasteiger partial charge on any atom is -0.385 e. The van der Waals surface area contributed by atoms with Crippen LogP contribution in [-0.4, -0.2) is 35.7 Å². The smallest absolute Gasteiger partial charge is 0.262 e. The Bertz CT molecular complexity index is 1390. The monoisotopic (exact) mass is 487 g/mol. The van der Waals surface area contributed by atoms with Gasteiger partial charge in [-0.15, -0.1) is 0 Å². The summed E-state index contributed by atoms with van der Waals surface area (Å²) in [5.74, 6) is -0.214. The molecule has 4 aromatic rings. The standard InChI is InChI=1S/C28H29N3O3S/c1-28(21-10-5-3-6-11-21,22-12-7-4-8-13-22)19-29-25(32)20-14-15-23-24(18-20)30-27(35)31(26(23)33)16-9-17-34-2/h3-8,10-15,18H,9,16-17,19H2,1-2H3,(H,29,32)(H,30,35). The Morgan fingerprint density at radius 3 is 2.26 bits per heavy atom. The first-order chi connectivity index (χ1) is 16.9. The predicted octanol–water partition coefficient (Wildman–Crippen LogP) is 4.83. The number of rotatable bonds is 9. The predicted molar refractivity (Wildman–Crippen MR) is 142 cm³/mol. The molecule has 1 amide bonds. The van der Waals surface area contributed by atoms with Gasteiger partial charge >= 0.3 is 0 Å². The summed E-state index contributed by atoms with van der Waals surface area (Å²) in [7, 11) is 1.62. The number of fused-ring (bicyclic) bond motifs is 1. The molecule has 0 bridgehead atoms. The van der Waals surface area contributed by atoms with Crippen molar-refractivity contribution in [3.63, 3.8) is 0 Å². The van der Waals surface area contributed by atoms with E-state index in [0.717, 1.165) is 11.1 Å². The zero-order valence-corrected chi connectivity index (χ0v) is 20.7. The molecule has 2 N–H and O–H groups in total. The van der Waals surface area contributed by atoms with Crippen LogP contribution in [0, 0.1) is 4.77 Å². The number of hydrogen-bond acceptors (Lipinski definition) is 4.